The molecule has 1 unspecified atom stereocenters. The lowest BCUT2D eigenvalue weighted by molar-refractivity contribution is -0.111. The highest BCUT2D eigenvalue weighted by molar-refractivity contribution is 9.10. The number of halogens is 1. The predicted molar refractivity (Wildman–Crippen MR) is 110 cm³/mol. The first-order chi connectivity index (χ1) is 12.8. The molecule has 0 aliphatic heterocycles. The Morgan fingerprint density at radius 2 is 1.85 bits per heavy atom. The van der Waals surface area contributed by atoms with Crippen LogP contribution in [0.1, 0.15) is 12.5 Å². The van der Waals surface area contributed by atoms with Crippen molar-refractivity contribution in [2.24, 2.45) is 0 Å². The van der Waals surface area contributed by atoms with Gasteiger partial charge in [-0.05, 0) is 48.9 Å². The zero-order chi connectivity index (χ0) is 19.9. The van der Waals surface area contributed by atoms with Crippen LogP contribution in [0, 0.1) is 0 Å². The van der Waals surface area contributed by atoms with Crippen molar-refractivity contribution in [1.29, 1.82) is 0 Å². The van der Waals surface area contributed by atoms with Crippen LogP contribution in [-0.4, -0.2) is 34.1 Å². The predicted octanol–water partition coefficient (Wildman–Crippen LogP) is 3.41. The van der Waals surface area contributed by atoms with Crippen molar-refractivity contribution < 1.29 is 17.9 Å². The lowest BCUT2D eigenvalue weighted by atomic mass is 10.2. The Balaban J connectivity index is 2.01. The maximum atomic E-state index is 12.3. The second kappa shape index (κ2) is 9.80. The first-order valence-corrected chi connectivity index (χ1v) is 10.4. The van der Waals surface area contributed by atoms with E-state index in [4.69, 9.17) is 4.74 Å². The Bertz CT molecular complexity index is 912. The van der Waals surface area contributed by atoms with Crippen LogP contribution in [0.4, 0.5) is 5.69 Å². The lowest BCUT2D eigenvalue weighted by Crippen LogP contribution is -2.35. The molecule has 0 aliphatic rings. The van der Waals surface area contributed by atoms with Crippen molar-refractivity contribution in [3.05, 3.63) is 64.6 Å². The minimum atomic E-state index is -3.64. The molecule has 0 spiro atoms. The number of benzene rings is 2. The third-order valence-electron chi connectivity index (χ3n) is 3.52. The van der Waals surface area contributed by atoms with Crippen molar-refractivity contribution in [3.63, 3.8) is 0 Å². The van der Waals surface area contributed by atoms with E-state index in [1.807, 2.05) is 24.3 Å². The normalized spacial score (nSPS) is 12.9. The Hall–Kier alpha value is -2.00. The van der Waals surface area contributed by atoms with Crippen molar-refractivity contribution in [2.45, 2.75) is 17.9 Å². The average Bonchev–Trinajstić information content (AvgIpc) is 2.61. The fourth-order valence-electron chi connectivity index (χ4n) is 2.29. The molecule has 2 rings (SSSR count). The second-order valence-corrected chi connectivity index (χ2v) is 8.41. The van der Waals surface area contributed by atoms with Crippen molar-refractivity contribution >= 4 is 43.6 Å². The van der Waals surface area contributed by atoms with E-state index in [1.165, 1.54) is 25.3 Å². The Kier molecular flexibility index (Phi) is 7.73. The maximum Gasteiger partial charge on any atom is 0.248 e. The molecule has 0 aromatic heterocycles. The highest BCUT2D eigenvalue weighted by Gasteiger charge is 2.17. The van der Waals surface area contributed by atoms with Crippen LogP contribution in [0.3, 0.4) is 0 Å². The van der Waals surface area contributed by atoms with Gasteiger partial charge in [-0.15, -0.1) is 0 Å². The molecule has 2 N–H and O–H groups in total. The molecule has 144 valence electrons. The number of hydrogen-bond acceptors (Lipinski definition) is 4. The van der Waals surface area contributed by atoms with Gasteiger partial charge >= 0.3 is 0 Å². The van der Waals surface area contributed by atoms with E-state index in [9.17, 15) is 13.2 Å². The summed E-state index contributed by atoms with van der Waals surface area (Å²) in [5.41, 5.74) is 1.38. The highest BCUT2D eigenvalue weighted by atomic mass is 79.9. The number of amides is 1. The van der Waals surface area contributed by atoms with Crippen molar-refractivity contribution in [3.8, 4) is 0 Å². The van der Waals surface area contributed by atoms with E-state index >= 15 is 0 Å². The summed E-state index contributed by atoms with van der Waals surface area (Å²) in [7, 11) is -2.13. The first kappa shape index (κ1) is 21.3. The summed E-state index contributed by atoms with van der Waals surface area (Å²) < 4.78 is 32.9. The van der Waals surface area contributed by atoms with Gasteiger partial charge in [-0.2, -0.15) is 0 Å². The maximum absolute atomic E-state index is 12.3. The second-order valence-electron chi connectivity index (χ2n) is 5.85. The van der Waals surface area contributed by atoms with Crippen LogP contribution in [0.5, 0.6) is 0 Å². The molecule has 0 aliphatic carbocycles. The lowest BCUT2D eigenvalue weighted by Gasteiger charge is -2.13. The minimum absolute atomic E-state index is 0.118. The van der Waals surface area contributed by atoms with Gasteiger partial charge in [0.2, 0.25) is 15.9 Å². The van der Waals surface area contributed by atoms with Gasteiger partial charge in [-0.1, -0.05) is 34.1 Å². The molecule has 1 amide bonds. The number of sulfonamides is 1. The molecule has 2 aromatic rings. The molecule has 0 bridgehead atoms. The number of methoxy groups -OCH3 is 1. The SMILES string of the molecule is COCC(C)NS(=O)(=O)c1ccc(NC(=O)/C=C/c2ccccc2Br)cc1. The van der Waals surface area contributed by atoms with E-state index in [2.05, 4.69) is 26.0 Å². The zero-order valence-corrected chi connectivity index (χ0v) is 17.4. The van der Waals surface area contributed by atoms with E-state index < -0.39 is 10.0 Å². The molecule has 6 nitrogen and oxygen atoms in total. The summed E-state index contributed by atoms with van der Waals surface area (Å²) >= 11 is 3.41. The molecule has 2 aromatic carbocycles. The zero-order valence-electron chi connectivity index (χ0n) is 15.0. The monoisotopic (exact) mass is 452 g/mol. The Labute approximate surface area is 167 Å². The van der Waals surface area contributed by atoms with Crippen LogP contribution in [-0.2, 0) is 19.6 Å². The summed E-state index contributed by atoms with van der Waals surface area (Å²) in [4.78, 5) is 12.2. The number of carbonyl (C=O) groups excluding carboxylic acids is 1. The van der Waals surface area contributed by atoms with Crippen LogP contribution in [0.25, 0.3) is 6.08 Å². The average molecular weight is 453 g/mol. The highest BCUT2D eigenvalue weighted by Crippen LogP contribution is 2.18. The molecule has 1 atom stereocenters. The standard InChI is InChI=1S/C19H21BrN2O4S/c1-14(13-26-2)22-27(24,25)17-10-8-16(9-11-17)21-19(23)12-7-15-5-3-4-6-18(15)20/h3-12,14,22H,13H2,1-2H3,(H,21,23)/b12-7+. The third kappa shape index (κ3) is 6.59. The molecule has 0 saturated carbocycles. The number of anilines is 1. The van der Waals surface area contributed by atoms with Crippen LogP contribution >= 0.6 is 15.9 Å². The molecular weight excluding hydrogens is 432 g/mol. The number of rotatable bonds is 8. The molecular formula is C19H21BrN2O4S. The van der Waals surface area contributed by atoms with Gasteiger partial charge in [-0.25, -0.2) is 13.1 Å². The van der Waals surface area contributed by atoms with E-state index in [0.717, 1.165) is 10.0 Å². The topological polar surface area (TPSA) is 84.5 Å². The molecule has 0 radical (unpaired) electrons. The number of nitrogens with one attached hydrogen (secondary N) is 2. The summed E-state index contributed by atoms with van der Waals surface area (Å²) in [6.45, 7) is 1.99. The van der Waals surface area contributed by atoms with Gasteiger partial charge in [0.05, 0.1) is 11.5 Å². The first-order valence-electron chi connectivity index (χ1n) is 8.17. The van der Waals surface area contributed by atoms with Gasteiger partial charge in [0.15, 0.2) is 0 Å². The van der Waals surface area contributed by atoms with Crippen LogP contribution in [0.15, 0.2) is 64.0 Å². The molecule has 0 saturated heterocycles. The van der Waals surface area contributed by atoms with Crippen molar-refractivity contribution in [1.82, 2.24) is 4.72 Å². The van der Waals surface area contributed by atoms with Gasteiger partial charge < -0.3 is 10.1 Å². The summed E-state index contributed by atoms with van der Waals surface area (Å²) in [6.07, 6.45) is 3.11. The van der Waals surface area contributed by atoms with Gasteiger partial charge in [0.25, 0.3) is 0 Å². The third-order valence-corrected chi connectivity index (χ3v) is 5.85. The number of hydrogen-bond donors (Lipinski definition) is 2. The summed E-state index contributed by atoms with van der Waals surface area (Å²) in [5.74, 6) is -0.312. The molecule has 0 fully saturated rings. The molecule has 0 heterocycles. The largest absolute Gasteiger partial charge is 0.383 e. The Morgan fingerprint density at radius 1 is 1.19 bits per heavy atom. The van der Waals surface area contributed by atoms with Crippen LogP contribution in [0.2, 0.25) is 0 Å². The fourth-order valence-corrected chi connectivity index (χ4v) is 3.94. The minimum Gasteiger partial charge on any atom is -0.383 e. The van der Waals surface area contributed by atoms with Crippen LogP contribution < -0.4 is 10.0 Å². The van der Waals surface area contributed by atoms with Gasteiger partial charge in [0.1, 0.15) is 0 Å². The fraction of sp³-hybridized carbons (Fsp3) is 0.211. The number of ether oxygens (including phenoxy) is 1. The van der Waals surface area contributed by atoms with E-state index in [-0.39, 0.29) is 23.5 Å². The summed E-state index contributed by atoms with van der Waals surface area (Å²) in [6, 6.07) is 13.2. The number of carbonyl (C=O) groups is 1. The van der Waals surface area contributed by atoms with Gasteiger partial charge in [0, 0.05) is 29.4 Å². The quantitative estimate of drug-likeness (QED) is 0.600. The van der Waals surface area contributed by atoms with Crippen molar-refractivity contribution in [2.75, 3.05) is 19.0 Å². The molecule has 8 heteroatoms. The van der Waals surface area contributed by atoms with E-state index in [1.54, 1.807) is 25.1 Å². The van der Waals surface area contributed by atoms with Gasteiger partial charge in [-0.3, -0.25) is 4.79 Å². The van der Waals surface area contributed by atoms with E-state index in [0.29, 0.717) is 5.69 Å². The molecule has 27 heavy (non-hydrogen) atoms. The summed E-state index contributed by atoms with van der Waals surface area (Å²) in [5, 5.41) is 2.70. The smallest absolute Gasteiger partial charge is 0.248 e. The Morgan fingerprint density at radius 3 is 2.48 bits per heavy atom.